The van der Waals surface area contributed by atoms with E-state index in [1.165, 1.54) is 32.1 Å². The smallest absolute Gasteiger partial charge is 0.165 e. The lowest BCUT2D eigenvalue weighted by atomic mass is 10.1. The van der Waals surface area contributed by atoms with Crippen molar-refractivity contribution >= 4 is 17.7 Å². The second kappa shape index (κ2) is 4.88. The number of nitrogens with one attached hydrogen (secondary N) is 1. The van der Waals surface area contributed by atoms with Gasteiger partial charge < -0.3 is 19.4 Å². The molecule has 1 aromatic heterocycles. The minimum atomic E-state index is -2.44. The molecule has 5 nitrogen and oxygen atoms in total. The van der Waals surface area contributed by atoms with Crippen LogP contribution in [0.2, 0.25) is 0 Å². The number of likely N-dealkylation sites (N-methyl/N-ethyl adjacent to an activating group) is 1. The van der Waals surface area contributed by atoms with Crippen molar-refractivity contribution in [2.24, 2.45) is 0 Å². The van der Waals surface area contributed by atoms with Crippen LogP contribution in [-0.4, -0.2) is 53.8 Å². The van der Waals surface area contributed by atoms with Crippen molar-refractivity contribution in [1.82, 2.24) is 9.97 Å². The third-order valence-corrected chi connectivity index (χ3v) is 2.86. The normalized spacial score (nSPS) is 17.3. The number of imidazole rings is 1. The standard InChI is InChI=1S/C10H17N3O2S/c1-13(2,3)8(9(14)15)5-7-6-11-10(12-7)16-4/h6,8H,5H2,1-4H3,(H-,11,12,14,15)/i1D3. The van der Waals surface area contributed by atoms with Crippen LogP contribution < -0.4 is 5.11 Å². The van der Waals surface area contributed by atoms with Crippen LogP contribution in [0.15, 0.2) is 11.4 Å². The summed E-state index contributed by atoms with van der Waals surface area (Å²) in [5, 5.41) is 11.9. The second-order valence-corrected chi connectivity index (χ2v) is 4.79. The molecule has 0 amide bonds. The number of rotatable bonds is 5. The fourth-order valence-electron chi connectivity index (χ4n) is 1.33. The molecule has 0 spiro atoms. The molecule has 0 aliphatic rings. The van der Waals surface area contributed by atoms with Gasteiger partial charge in [-0.15, -0.1) is 0 Å². The number of thioether (sulfide) groups is 1. The van der Waals surface area contributed by atoms with Gasteiger partial charge in [-0.1, -0.05) is 11.8 Å². The molecule has 1 heterocycles. The predicted octanol–water partition coefficient (Wildman–Crippen LogP) is -0.501. The minimum Gasteiger partial charge on any atom is -0.544 e. The molecule has 1 rings (SSSR count). The third kappa shape index (κ3) is 3.24. The Labute approximate surface area is 104 Å². The summed E-state index contributed by atoms with van der Waals surface area (Å²) in [5.41, 5.74) is 0.578. The first-order chi connectivity index (χ1) is 8.59. The zero-order valence-electron chi connectivity index (χ0n) is 12.5. The van der Waals surface area contributed by atoms with E-state index in [-0.39, 0.29) is 6.42 Å². The van der Waals surface area contributed by atoms with Crippen LogP contribution in [-0.2, 0) is 11.2 Å². The second-order valence-electron chi connectivity index (χ2n) is 4.00. The first-order valence-corrected chi connectivity index (χ1v) is 5.94. The van der Waals surface area contributed by atoms with E-state index in [0.717, 1.165) is 0 Å². The van der Waals surface area contributed by atoms with Crippen molar-refractivity contribution < 1.29 is 18.5 Å². The number of H-pyrrole nitrogens is 1. The van der Waals surface area contributed by atoms with Gasteiger partial charge in [-0.25, -0.2) is 4.98 Å². The zero-order valence-corrected chi connectivity index (χ0v) is 10.3. The molecule has 0 fully saturated rings. The van der Waals surface area contributed by atoms with Crippen molar-refractivity contribution in [1.29, 1.82) is 0 Å². The van der Waals surface area contributed by atoms with E-state index in [4.69, 9.17) is 4.11 Å². The minimum absolute atomic E-state index is 0.0291. The van der Waals surface area contributed by atoms with Gasteiger partial charge in [-0.2, -0.15) is 0 Å². The first-order valence-electron chi connectivity index (χ1n) is 6.22. The van der Waals surface area contributed by atoms with Gasteiger partial charge in [0.1, 0.15) is 6.04 Å². The van der Waals surface area contributed by atoms with Gasteiger partial charge in [0, 0.05) is 18.3 Å². The first kappa shape index (κ1) is 9.07. The van der Waals surface area contributed by atoms with Crippen LogP contribution in [0.25, 0.3) is 0 Å². The van der Waals surface area contributed by atoms with Gasteiger partial charge in [-0.3, -0.25) is 0 Å². The summed E-state index contributed by atoms with van der Waals surface area (Å²) in [5.74, 6) is -1.39. The molecular formula is C10H17N3O2S. The summed E-state index contributed by atoms with van der Waals surface area (Å²) in [6.45, 7) is -2.44. The van der Waals surface area contributed by atoms with Crippen LogP contribution in [0.1, 0.15) is 9.81 Å². The number of quaternary nitrogens is 1. The Hall–Kier alpha value is -1.01. The summed E-state index contributed by atoms with van der Waals surface area (Å²) >= 11 is 1.39. The van der Waals surface area contributed by atoms with Gasteiger partial charge in [0.15, 0.2) is 5.16 Å². The lowest BCUT2D eigenvalue weighted by Gasteiger charge is -2.34. The Morgan fingerprint density at radius 2 is 2.50 bits per heavy atom. The van der Waals surface area contributed by atoms with Crippen LogP contribution in [0, 0.1) is 0 Å². The highest BCUT2D eigenvalue weighted by Crippen LogP contribution is 2.13. The van der Waals surface area contributed by atoms with Crippen molar-refractivity contribution in [3.8, 4) is 0 Å². The highest BCUT2D eigenvalue weighted by atomic mass is 32.2. The maximum atomic E-state index is 11.3. The van der Waals surface area contributed by atoms with E-state index < -0.39 is 23.5 Å². The largest absolute Gasteiger partial charge is 0.544 e. The van der Waals surface area contributed by atoms with Crippen LogP contribution in [0.4, 0.5) is 0 Å². The number of carboxylic acid groups (broad SMARTS) is 1. The van der Waals surface area contributed by atoms with Gasteiger partial charge in [0.25, 0.3) is 0 Å². The number of aromatic nitrogens is 2. The van der Waals surface area contributed by atoms with E-state index in [1.807, 2.05) is 6.26 Å². The lowest BCUT2D eigenvalue weighted by molar-refractivity contribution is -0.889. The molecule has 1 N–H and O–H groups in total. The van der Waals surface area contributed by atoms with E-state index in [9.17, 15) is 9.90 Å². The fraction of sp³-hybridized carbons (Fsp3) is 0.600. The number of hydrogen-bond donors (Lipinski definition) is 1. The number of carbonyl (C=O) groups excluding carboxylic acids is 1. The Morgan fingerprint density at radius 1 is 1.81 bits per heavy atom. The van der Waals surface area contributed by atoms with Crippen LogP contribution in [0.5, 0.6) is 0 Å². The number of aromatic amines is 1. The van der Waals surface area contributed by atoms with Crippen molar-refractivity contribution in [3.63, 3.8) is 0 Å². The quantitative estimate of drug-likeness (QED) is 0.562. The molecule has 1 atom stereocenters. The number of nitrogens with zero attached hydrogens (tertiary/aromatic N) is 2. The molecule has 0 aromatic carbocycles. The van der Waals surface area contributed by atoms with Crippen LogP contribution in [0.3, 0.4) is 0 Å². The highest BCUT2D eigenvalue weighted by Gasteiger charge is 2.26. The highest BCUT2D eigenvalue weighted by molar-refractivity contribution is 7.98. The maximum Gasteiger partial charge on any atom is 0.165 e. The van der Waals surface area contributed by atoms with Gasteiger partial charge >= 0.3 is 0 Å². The summed E-state index contributed by atoms with van der Waals surface area (Å²) < 4.78 is 21.7. The fourth-order valence-corrected chi connectivity index (χ4v) is 1.72. The molecule has 16 heavy (non-hydrogen) atoms. The Bertz CT molecular complexity index is 459. The number of hydrogen-bond acceptors (Lipinski definition) is 4. The molecule has 1 unspecified atom stereocenters. The van der Waals surface area contributed by atoms with Crippen molar-refractivity contribution in [2.75, 3.05) is 27.3 Å². The molecule has 0 radical (unpaired) electrons. The number of aliphatic carboxylic acids is 1. The van der Waals surface area contributed by atoms with Gasteiger partial charge in [0.05, 0.1) is 31.2 Å². The molecule has 90 valence electrons. The number of carbonyl (C=O) groups is 1. The molecular weight excluding hydrogens is 226 g/mol. The molecule has 0 aliphatic carbocycles. The van der Waals surface area contributed by atoms with E-state index in [1.54, 1.807) is 0 Å². The Morgan fingerprint density at radius 3 is 2.94 bits per heavy atom. The molecule has 0 aliphatic heterocycles. The van der Waals surface area contributed by atoms with Gasteiger partial charge in [-0.05, 0) is 6.26 Å². The Kier molecular flexibility index (Phi) is 2.77. The SMILES string of the molecule is [2H]C([2H])([2H])[N+](C)(C)C(Cc1cnc(SC)[nH]1)C(=O)[O-]. The van der Waals surface area contributed by atoms with Gasteiger partial charge in [0.2, 0.25) is 0 Å². The van der Waals surface area contributed by atoms with Crippen LogP contribution >= 0.6 is 11.8 Å². The Balaban J connectivity index is 2.99. The van der Waals surface area contributed by atoms with E-state index >= 15 is 0 Å². The topological polar surface area (TPSA) is 68.8 Å². The molecule has 0 saturated heterocycles. The van der Waals surface area contributed by atoms with Crippen molar-refractivity contribution in [3.05, 3.63) is 11.9 Å². The average molecular weight is 246 g/mol. The molecule has 0 bridgehead atoms. The number of carboxylic acids is 1. The summed E-state index contributed by atoms with van der Waals surface area (Å²) in [6, 6.07) is -1.18. The molecule has 0 saturated carbocycles. The summed E-state index contributed by atoms with van der Waals surface area (Å²) in [7, 11) is 2.72. The molecule has 6 heteroatoms. The average Bonchev–Trinajstić information content (AvgIpc) is 2.71. The summed E-state index contributed by atoms with van der Waals surface area (Å²) in [6.07, 6.45) is 3.38. The maximum absolute atomic E-state index is 11.3. The summed E-state index contributed by atoms with van der Waals surface area (Å²) in [4.78, 5) is 18.2. The third-order valence-electron chi connectivity index (χ3n) is 2.26. The monoisotopic (exact) mass is 246 g/mol. The zero-order chi connectivity index (χ0) is 14.8. The van der Waals surface area contributed by atoms with Crippen molar-refractivity contribution in [2.45, 2.75) is 17.6 Å². The van der Waals surface area contributed by atoms with E-state index in [0.29, 0.717) is 10.9 Å². The lowest BCUT2D eigenvalue weighted by Crippen LogP contribution is -2.55. The van der Waals surface area contributed by atoms with E-state index in [2.05, 4.69) is 9.97 Å². The predicted molar refractivity (Wildman–Crippen MR) is 60.9 cm³/mol. The molecule has 1 aromatic rings.